The lowest BCUT2D eigenvalue weighted by Gasteiger charge is -2.43. The molecule has 0 aromatic heterocycles. The van der Waals surface area contributed by atoms with Gasteiger partial charge in [0.1, 0.15) is 0 Å². The number of hydrogen-bond donors (Lipinski definition) is 1. The van der Waals surface area contributed by atoms with Crippen LogP contribution in [0.4, 0.5) is 0 Å². The second-order valence-electron chi connectivity index (χ2n) is 7.96. The van der Waals surface area contributed by atoms with Crippen molar-refractivity contribution >= 4 is 0 Å². The van der Waals surface area contributed by atoms with E-state index >= 15 is 0 Å². The molecule has 0 aromatic carbocycles. The minimum Gasteiger partial charge on any atom is -0.375 e. The molecule has 1 aliphatic heterocycles. The van der Waals surface area contributed by atoms with Crippen LogP contribution in [0, 0.1) is 11.3 Å². The highest BCUT2D eigenvalue weighted by Gasteiger charge is 2.38. The van der Waals surface area contributed by atoms with Crippen LogP contribution in [-0.2, 0) is 4.74 Å². The lowest BCUT2D eigenvalue weighted by atomic mass is 9.84. The van der Waals surface area contributed by atoms with Gasteiger partial charge < -0.3 is 10.1 Å². The zero-order valence-corrected chi connectivity index (χ0v) is 14.7. The van der Waals surface area contributed by atoms with Crippen molar-refractivity contribution in [2.45, 2.75) is 71.9 Å². The number of nitrogens with zero attached hydrogens (tertiary/aromatic N) is 1. The van der Waals surface area contributed by atoms with Crippen LogP contribution in [0.15, 0.2) is 0 Å². The van der Waals surface area contributed by atoms with Gasteiger partial charge in [-0.2, -0.15) is 0 Å². The smallest absolute Gasteiger partial charge is 0.0730 e. The number of ether oxygens (including phenoxy) is 1. The Morgan fingerprint density at radius 1 is 1.33 bits per heavy atom. The molecule has 1 aliphatic carbocycles. The van der Waals surface area contributed by atoms with Crippen molar-refractivity contribution in [1.82, 2.24) is 10.2 Å². The van der Waals surface area contributed by atoms with E-state index in [-0.39, 0.29) is 0 Å². The minimum absolute atomic E-state index is 0.397. The molecule has 2 fully saturated rings. The quantitative estimate of drug-likeness (QED) is 0.744. The third-order valence-electron chi connectivity index (χ3n) is 5.14. The first kappa shape index (κ1) is 17.2. The highest BCUT2D eigenvalue weighted by molar-refractivity contribution is 4.92. The largest absolute Gasteiger partial charge is 0.375 e. The standard InChI is InChI=1S/C18H36N2O/c1-5-9-18(4,13-19-12-15(2)3)14-20-10-11-21-17-8-6-7-16(17)20/h15-17,19H,5-14H2,1-4H3. The van der Waals surface area contributed by atoms with Gasteiger partial charge in [0.05, 0.1) is 12.7 Å². The van der Waals surface area contributed by atoms with Crippen LogP contribution < -0.4 is 5.32 Å². The van der Waals surface area contributed by atoms with Crippen LogP contribution in [0.2, 0.25) is 0 Å². The molecule has 1 saturated carbocycles. The normalized spacial score (nSPS) is 29.6. The molecular weight excluding hydrogens is 260 g/mol. The van der Waals surface area contributed by atoms with Gasteiger partial charge in [-0.05, 0) is 43.6 Å². The summed E-state index contributed by atoms with van der Waals surface area (Å²) < 4.78 is 5.96. The van der Waals surface area contributed by atoms with Gasteiger partial charge in [-0.25, -0.2) is 0 Å². The molecule has 0 amide bonds. The lowest BCUT2D eigenvalue weighted by Crippen LogP contribution is -2.53. The fourth-order valence-corrected chi connectivity index (χ4v) is 4.18. The lowest BCUT2D eigenvalue weighted by molar-refractivity contribution is -0.0679. The highest BCUT2D eigenvalue weighted by atomic mass is 16.5. The van der Waals surface area contributed by atoms with Crippen molar-refractivity contribution < 1.29 is 4.74 Å². The van der Waals surface area contributed by atoms with E-state index in [4.69, 9.17) is 4.74 Å². The van der Waals surface area contributed by atoms with Crippen molar-refractivity contribution in [3.05, 3.63) is 0 Å². The van der Waals surface area contributed by atoms with E-state index in [9.17, 15) is 0 Å². The number of nitrogens with one attached hydrogen (secondary N) is 1. The molecule has 1 N–H and O–H groups in total. The maximum Gasteiger partial charge on any atom is 0.0730 e. The van der Waals surface area contributed by atoms with Crippen molar-refractivity contribution in [3.8, 4) is 0 Å². The molecule has 3 atom stereocenters. The number of rotatable bonds is 8. The monoisotopic (exact) mass is 296 g/mol. The fraction of sp³-hybridized carbons (Fsp3) is 1.00. The van der Waals surface area contributed by atoms with Gasteiger partial charge in [-0.1, -0.05) is 34.1 Å². The molecule has 3 nitrogen and oxygen atoms in total. The molecule has 3 unspecified atom stereocenters. The van der Waals surface area contributed by atoms with Crippen molar-refractivity contribution in [2.75, 3.05) is 32.8 Å². The Bertz CT molecular complexity index is 308. The van der Waals surface area contributed by atoms with Gasteiger partial charge in [0, 0.05) is 25.7 Å². The van der Waals surface area contributed by atoms with Crippen LogP contribution >= 0.6 is 0 Å². The molecule has 0 aromatic rings. The second-order valence-corrected chi connectivity index (χ2v) is 7.96. The molecule has 0 spiro atoms. The van der Waals surface area contributed by atoms with Crippen molar-refractivity contribution in [1.29, 1.82) is 0 Å². The Morgan fingerprint density at radius 3 is 2.86 bits per heavy atom. The number of hydrogen-bond acceptors (Lipinski definition) is 3. The zero-order chi connectivity index (χ0) is 15.3. The van der Waals surface area contributed by atoms with E-state index in [1.165, 1.54) is 38.6 Å². The topological polar surface area (TPSA) is 24.5 Å². The summed E-state index contributed by atoms with van der Waals surface area (Å²) in [5.74, 6) is 0.735. The number of morpholine rings is 1. The third-order valence-corrected chi connectivity index (χ3v) is 5.14. The van der Waals surface area contributed by atoms with E-state index in [1.54, 1.807) is 0 Å². The summed E-state index contributed by atoms with van der Waals surface area (Å²) in [6.45, 7) is 14.9. The zero-order valence-electron chi connectivity index (χ0n) is 14.7. The third kappa shape index (κ3) is 4.94. The summed E-state index contributed by atoms with van der Waals surface area (Å²) in [5.41, 5.74) is 0.397. The predicted octanol–water partition coefficient (Wildman–Crippen LogP) is 3.29. The Morgan fingerprint density at radius 2 is 2.14 bits per heavy atom. The average Bonchev–Trinajstić information content (AvgIpc) is 2.88. The Hall–Kier alpha value is -0.120. The molecule has 0 bridgehead atoms. The Labute approximate surface area is 131 Å². The van der Waals surface area contributed by atoms with E-state index in [1.807, 2.05) is 0 Å². The van der Waals surface area contributed by atoms with Crippen molar-refractivity contribution in [3.63, 3.8) is 0 Å². The SMILES string of the molecule is CCCC(C)(CNCC(C)C)CN1CCOC2CCCC21. The summed E-state index contributed by atoms with van der Waals surface area (Å²) in [7, 11) is 0. The molecule has 3 heteroatoms. The highest BCUT2D eigenvalue weighted by Crippen LogP contribution is 2.33. The summed E-state index contributed by atoms with van der Waals surface area (Å²) in [6.07, 6.45) is 7.07. The van der Waals surface area contributed by atoms with Crippen LogP contribution in [0.1, 0.15) is 59.8 Å². The van der Waals surface area contributed by atoms with Crippen LogP contribution in [-0.4, -0.2) is 49.8 Å². The summed E-state index contributed by atoms with van der Waals surface area (Å²) in [4.78, 5) is 2.74. The molecule has 0 radical (unpaired) electrons. The summed E-state index contributed by atoms with van der Waals surface area (Å²) in [5, 5.41) is 3.70. The van der Waals surface area contributed by atoms with Crippen LogP contribution in [0.5, 0.6) is 0 Å². The molecule has 21 heavy (non-hydrogen) atoms. The molecule has 124 valence electrons. The summed E-state index contributed by atoms with van der Waals surface area (Å²) in [6, 6.07) is 0.694. The molecule has 2 aliphatic rings. The predicted molar refractivity (Wildman–Crippen MR) is 89.7 cm³/mol. The first-order valence-electron chi connectivity index (χ1n) is 9.10. The Kier molecular flexibility index (Phi) is 6.51. The average molecular weight is 296 g/mol. The van der Waals surface area contributed by atoms with Gasteiger partial charge in [0.2, 0.25) is 0 Å². The second kappa shape index (κ2) is 7.94. The van der Waals surface area contributed by atoms with E-state index < -0.39 is 0 Å². The maximum atomic E-state index is 5.96. The van der Waals surface area contributed by atoms with Gasteiger partial charge >= 0.3 is 0 Å². The van der Waals surface area contributed by atoms with Gasteiger partial charge in [-0.15, -0.1) is 0 Å². The van der Waals surface area contributed by atoms with Crippen LogP contribution in [0.3, 0.4) is 0 Å². The summed E-state index contributed by atoms with van der Waals surface area (Å²) >= 11 is 0. The number of fused-ring (bicyclic) bond motifs is 1. The molecule has 1 saturated heterocycles. The molecular formula is C18H36N2O. The molecule has 1 heterocycles. The fourth-order valence-electron chi connectivity index (χ4n) is 4.18. The van der Waals surface area contributed by atoms with Crippen LogP contribution in [0.25, 0.3) is 0 Å². The van der Waals surface area contributed by atoms with Crippen molar-refractivity contribution in [2.24, 2.45) is 11.3 Å². The van der Waals surface area contributed by atoms with Gasteiger partial charge in [0.25, 0.3) is 0 Å². The first-order chi connectivity index (χ1) is 10.0. The van der Waals surface area contributed by atoms with Gasteiger partial charge in [-0.3, -0.25) is 4.90 Å². The first-order valence-corrected chi connectivity index (χ1v) is 9.10. The van der Waals surface area contributed by atoms with E-state index in [0.29, 0.717) is 17.6 Å². The maximum absolute atomic E-state index is 5.96. The van der Waals surface area contributed by atoms with Gasteiger partial charge in [0.15, 0.2) is 0 Å². The van der Waals surface area contributed by atoms with E-state index in [2.05, 4.69) is 37.9 Å². The molecule has 2 rings (SSSR count). The minimum atomic E-state index is 0.397. The van der Waals surface area contributed by atoms with E-state index in [0.717, 1.165) is 32.2 Å². The Balaban J connectivity index is 1.90.